The molecule has 4 aromatic rings. The van der Waals surface area contributed by atoms with Gasteiger partial charge in [0.15, 0.2) is 18.3 Å². The molecule has 7 heteroatoms. The van der Waals surface area contributed by atoms with E-state index in [1.165, 1.54) is 12.8 Å². The summed E-state index contributed by atoms with van der Waals surface area (Å²) in [4.78, 5) is 11.3. The molecule has 5 nitrogen and oxygen atoms in total. The van der Waals surface area contributed by atoms with Crippen molar-refractivity contribution in [3.8, 4) is 16.9 Å². The van der Waals surface area contributed by atoms with Crippen molar-refractivity contribution in [2.24, 2.45) is 0 Å². The Hall–Kier alpha value is -2.41. The van der Waals surface area contributed by atoms with Gasteiger partial charge in [0.25, 0.3) is 0 Å². The van der Waals surface area contributed by atoms with Gasteiger partial charge >= 0.3 is 0 Å². The number of hydrogen-bond acceptors (Lipinski definition) is 6. The highest BCUT2D eigenvalue weighted by atomic mass is 35.5. The zero-order chi connectivity index (χ0) is 19.4. The van der Waals surface area contributed by atoms with Gasteiger partial charge in [0.2, 0.25) is 0 Å². The van der Waals surface area contributed by atoms with E-state index in [0.29, 0.717) is 5.02 Å². The number of rotatable bonds is 4. The van der Waals surface area contributed by atoms with Crippen molar-refractivity contribution in [3.63, 3.8) is 0 Å². The molecule has 1 atom stereocenters. The molecule has 29 heavy (non-hydrogen) atoms. The molecule has 0 radical (unpaired) electrons. The molecule has 1 aromatic carbocycles. The van der Waals surface area contributed by atoms with Crippen LogP contribution in [0.1, 0.15) is 29.5 Å². The van der Waals surface area contributed by atoms with E-state index < -0.39 is 0 Å². The van der Waals surface area contributed by atoms with Crippen molar-refractivity contribution in [1.82, 2.24) is 14.9 Å². The van der Waals surface area contributed by atoms with E-state index in [2.05, 4.69) is 20.2 Å². The third kappa shape index (κ3) is 2.94. The van der Waals surface area contributed by atoms with Crippen LogP contribution in [-0.2, 0) is 13.0 Å². The summed E-state index contributed by atoms with van der Waals surface area (Å²) < 4.78 is 13.4. The summed E-state index contributed by atoms with van der Waals surface area (Å²) in [7, 11) is 0. The molecule has 1 fully saturated rings. The molecule has 0 amide bonds. The SMILES string of the molecule is Clc1cc2c(c(-c3ccnc4ccsc34)c1)OC(c1ocnc1CN1CCC1)C2. The first-order valence-electron chi connectivity index (χ1n) is 9.72. The fourth-order valence-electron chi connectivity index (χ4n) is 4.17. The maximum atomic E-state index is 6.49. The minimum absolute atomic E-state index is 0.179. The second kappa shape index (κ2) is 6.83. The molecule has 2 aliphatic heterocycles. The van der Waals surface area contributed by atoms with Crippen LogP contribution in [0, 0.1) is 0 Å². The van der Waals surface area contributed by atoms with Crippen LogP contribution >= 0.6 is 22.9 Å². The van der Waals surface area contributed by atoms with E-state index in [0.717, 1.165) is 70.2 Å². The average molecular weight is 424 g/mol. The number of ether oxygens (including phenoxy) is 1. The van der Waals surface area contributed by atoms with Gasteiger partial charge in [-0.05, 0) is 49.2 Å². The van der Waals surface area contributed by atoms with E-state index in [1.807, 2.05) is 30.5 Å². The summed E-state index contributed by atoms with van der Waals surface area (Å²) in [6, 6.07) is 8.05. The van der Waals surface area contributed by atoms with Crippen molar-refractivity contribution in [2.45, 2.75) is 25.5 Å². The first-order chi connectivity index (χ1) is 14.3. The van der Waals surface area contributed by atoms with E-state index in [9.17, 15) is 0 Å². The summed E-state index contributed by atoms with van der Waals surface area (Å²) in [5.41, 5.74) is 5.17. The number of hydrogen-bond donors (Lipinski definition) is 0. The van der Waals surface area contributed by atoms with Crippen LogP contribution in [-0.4, -0.2) is 28.0 Å². The molecule has 0 bridgehead atoms. The average Bonchev–Trinajstić information content (AvgIpc) is 3.41. The number of fused-ring (bicyclic) bond motifs is 2. The van der Waals surface area contributed by atoms with Gasteiger partial charge in [0.05, 0.1) is 10.2 Å². The zero-order valence-electron chi connectivity index (χ0n) is 15.6. The summed E-state index contributed by atoms with van der Waals surface area (Å²) >= 11 is 8.17. The van der Waals surface area contributed by atoms with E-state index in [-0.39, 0.29) is 6.10 Å². The molecule has 2 aliphatic rings. The predicted octanol–water partition coefficient (Wildman–Crippen LogP) is 5.49. The largest absolute Gasteiger partial charge is 0.481 e. The minimum atomic E-state index is -0.179. The highest BCUT2D eigenvalue weighted by molar-refractivity contribution is 7.17. The normalized spacial score (nSPS) is 18.6. The van der Waals surface area contributed by atoms with Crippen LogP contribution in [0.15, 0.2) is 46.7 Å². The molecule has 0 aliphatic carbocycles. The maximum Gasteiger partial charge on any atom is 0.181 e. The Labute approximate surface area is 176 Å². The standard InChI is InChI=1S/C22H18ClN3O2S/c23-14-8-13-9-19(21-18(25-12-27-21)11-26-5-1-6-26)28-20(13)16(10-14)15-2-4-24-17-3-7-29-22(15)17/h2-4,7-8,10,12,19H,1,5-6,9,11H2. The summed E-state index contributed by atoms with van der Waals surface area (Å²) in [5.74, 6) is 1.71. The molecule has 0 spiro atoms. The lowest BCUT2D eigenvalue weighted by atomic mass is 10.0. The van der Waals surface area contributed by atoms with E-state index in [4.69, 9.17) is 20.8 Å². The summed E-state index contributed by atoms with van der Waals surface area (Å²) in [6.07, 6.45) is 5.17. The molecule has 6 rings (SSSR count). The Bertz CT molecular complexity index is 1210. The highest BCUT2D eigenvalue weighted by Crippen LogP contribution is 2.47. The Morgan fingerprint density at radius 2 is 2.10 bits per heavy atom. The number of nitrogens with zero attached hydrogens (tertiary/aromatic N) is 3. The van der Waals surface area contributed by atoms with Gasteiger partial charge in [0, 0.05) is 40.9 Å². The molecule has 0 N–H and O–H groups in total. The first-order valence-corrected chi connectivity index (χ1v) is 11.0. The van der Waals surface area contributed by atoms with Crippen molar-refractivity contribution in [2.75, 3.05) is 13.1 Å². The van der Waals surface area contributed by atoms with E-state index >= 15 is 0 Å². The number of oxazole rings is 1. The van der Waals surface area contributed by atoms with Gasteiger partial charge in [0.1, 0.15) is 11.4 Å². The summed E-state index contributed by atoms with van der Waals surface area (Å²) in [6.45, 7) is 3.06. The Morgan fingerprint density at radius 1 is 1.17 bits per heavy atom. The van der Waals surface area contributed by atoms with Crippen molar-refractivity contribution in [1.29, 1.82) is 0 Å². The molecule has 146 valence electrons. The topological polar surface area (TPSA) is 51.4 Å². The smallest absolute Gasteiger partial charge is 0.181 e. The molecule has 5 heterocycles. The fraction of sp³-hybridized carbons (Fsp3) is 0.273. The number of thiophene rings is 1. The number of likely N-dealkylation sites (tertiary alicyclic amines) is 1. The van der Waals surface area contributed by atoms with Crippen molar-refractivity contribution in [3.05, 3.63) is 64.3 Å². The van der Waals surface area contributed by atoms with Crippen LogP contribution in [0.3, 0.4) is 0 Å². The van der Waals surface area contributed by atoms with E-state index in [1.54, 1.807) is 11.3 Å². The van der Waals surface area contributed by atoms with Gasteiger partial charge in [-0.3, -0.25) is 9.88 Å². The lowest BCUT2D eigenvalue weighted by molar-refractivity contribution is 0.162. The quantitative estimate of drug-likeness (QED) is 0.434. The number of pyridine rings is 1. The van der Waals surface area contributed by atoms with Crippen LogP contribution in [0.4, 0.5) is 0 Å². The third-order valence-electron chi connectivity index (χ3n) is 5.72. The van der Waals surface area contributed by atoms with Crippen LogP contribution in [0.5, 0.6) is 5.75 Å². The molecule has 3 aromatic heterocycles. The monoisotopic (exact) mass is 423 g/mol. The maximum absolute atomic E-state index is 6.49. The van der Waals surface area contributed by atoms with Crippen molar-refractivity contribution < 1.29 is 9.15 Å². The number of aromatic nitrogens is 2. The molecule has 1 saturated heterocycles. The van der Waals surface area contributed by atoms with Gasteiger partial charge in [-0.2, -0.15) is 0 Å². The third-order valence-corrected chi connectivity index (χ3v) is 6.87. The molecular formula is C22H18ClN3O2S. The summed E-state index contributed by atoms with van der Waals surface area (Å²) in [5, 5.41) is 2.77. The van der Waals surface area contributed by atoms with Gasteiger partial charge in [-0.25, -0.2) is 4.98 Å². The Kier molecular flexibility index (Phi) is 4.11. The fourth-order valence-corrected chi connectivity index (χ4v) is 5.29. The zero-order valence-corrected chi connectivity index (χ0v) is 17.2. The van der Waals surface area contributed by atoms with Gasteiger partial charge < -0.3 is 9.15 Å². The predicted molar refractivity (Wildman–Crippen MR) is 114 cm³/mol. The highest BCUT2D eigenvalue weighted by Gasteiger charge is 2.33. The minimum Gasteiger partial charge on any atom is -0.481 e. The lowest BCUT2D eigenvalue weighted by Crippen LogP contribution is -2.36. The van der Waals surface area contributed by atoms with Crippen molar-refractivity contribution >= 4 is 33.2 Å². The van der Waals surface area contributed by atoms with Crippen LogP contribution < -0.4 is 4.74 Å². The first kappa shape index (κ1) is 17.4. The molecular weight excluding hydrogens is 406 g/mol. The van der Waals surface area contributed by atoms with Crippen LogP contribution in [0.25, 0.3) is 21.3 Å². The molecule has 1 unspecified atom stereocenters. The molecule has 0 saturated carbocycles. The second-order valence-corrected chi connectivity index (χ2v) is 8.89. The second-order valence-electron chi connectivity index (χ2n) is 7.54. The number of halogens is 1. The van der Waals surface area contributed by atoms with Crippen LogP contribution in [0.2, 0.25) is 5.02 Å². The van der Waals surface area contributed by atoms with Gasteiger partial charge in [-0.15, -0.1) is 11.3 Å². The van der Waals surface area contributed by atoms with Gasteiger partial charge in [-0.1, -0.05) is 11.6 Å². The Morgan fingerprint density at radius 3 is 2.97 bits per heavy atom. The Balaban J connectivity index is 1.39. The number of benzene rings is 1. The lowest BCUT2D eigenvalue weighted by Gasteiger charge is -2.30.